The van der Waals surface area contributed by atoms with Gasteiger partial charge in [0, 0.05) is 5.41 Å². The van der Waals surface area contributed by atoms with E-state index in [0.717, 1.165) is 12.8 Å². The lowest BCUT2D eigenvalue weighted by molar-refractivity contribution is -0.166. The summed E-state index contributed by atoms with van der Waals surface area (Å²) < 4.78 is 5.43. The van der Waals surface area contributed by atoms with E-state index in [9.17, 15) is 4.79 Å². The van der Waals surface area contributed by atoms with Crippen molar-refractivity contribution in [1.29, 1.82) is 0 Å². The monoisotopic (exact) mass is 251 g/mol. The van der Waals surface area contributed by atoms with Crippen molar-refractivity contribution >= 4 is 5.97 Å². The van der Waals surface area contributed by atoms with E-state index in [0.29, 0.717) is 24.3 Å². The van der Waals surface area contributed by atoms with Crippen molar-refractivity contribution in [1.82, 2.24) is 0 Å². The van der Waals surface area contributed by atoms with Gasteiger partial charge in [-0.3, -0.25) is 4.79 Å². The van der Waals surface area contributed by atoms with Crippen LogP contribution in [-0.4, -0.2) is 18.1 Å². The Morgan fingerprint density at radius 2 is 2.17 bits per heavy atom. The third kappa shape index (κ3) is 2.20. The molecule has 0 saturated heterocycles. The Hall–Kier alpha value is -0.830. The van der Waals surface area contributed by atoms with Gasteiger partial charge in [-0.25, -0.2) is 0 Å². The first-order valence-corrected chi connectivity index (χ1v) is 6.79. The number of rotatable bonds is 3. The predicted octanol–water partition coefficient (Wildman–Crippen LogP) is 2.65. The summed E-state index contributed by atoms with van der Waals surface area (Å²) >= 11 is 0. The second-order valence-electron chi connectivity index (χ2n) is 7.27. The molecular weight excluding hydrogens is 226 g/mol. The molecule has 3 nitrogen and oxygen atoms in total. The third-order valence-electron chi connectivity index (χ3n) is 4.40. The molecule has 0 aromatic rings. The Bertz CT molecular complexity index is 382. The molecule has 2 aliphatic carbocycles. The van der Waals surface area contributed by atoms with Crippen LogP contribution in [0.15, 0.2) is 12.2 Å². The number of hydrogen-bond donors (Lipinski definition) is 1. The molecule has 102 valence electrons. The van der Waals surface area contributed by atoms with Gasteiger partial charge < -0.3 is 10.5 Å². The zero-order chi connectivity index (χ0) is 13.6. The highest BCUT2D eigenvalue weighted by Crippen LogP contribution is 2.65. The quantitative estimate of drug-likeness (QED) is 0.619. The molecular formula is C15H25NO2. The second kappa shape index (κ2) is 4.09. The standard InChI is InChI=1S/C15H25NO2/c1-13(2,3)18-12(17)8-15(10-16)9-14(4)7-5-6-11(14)15/h5-6,11H,7-10,16H2,1-4H3/t11-,14-,15+/m0/s1. The average Bonchev–Trinajstić information content (AvgIpc) is 2.50. The lowest BCUT2D eigenvalue weighted by Gasteiger charge is -2.58. The summed E-state index contributed by atoms with van der Waals surface area (Å²) in [5.74, 6) is 0.331. The average molecular weight is 251 g/mol. The van der Waals surface area contributed by atoms with E-state index in [1.807, 2.05) is 20.8 Å². The molecule has 2 rings (SSSR count). The molecule has 3 atom stereocenters. The number of ether oxygens (including phenoxy) is 1. The number of nitrogens with two attached hydrogens (primary N) is 1. The van der Waals surface area contributed by atoms with Gasteiger partial charge >= 0.3 is 5.97 Å². The minimum atomic E-state index is -0.411. The van der Waals surface area contributed by atoms with Gasteiger partial charge in [-0.05, 0) is 51.5 Å². The molecule has 3 heteroatoms. The molecule has 0 amide bonds. The summed E-state index contributed by atoms with van der Waals surface area (Å²) in [6.07, 6.45) is 7.09. The Kier molecular flexibility index (Phi) is 3.09. The molecule has 2 N–H and O–H groups in total. The van der Waals surface area contributed by atoms with Crippen LogP contribution in [0.25, 0.3) is 0 Å². The molecule has 2 aliphatic rings. The van der Waals surface area contributed by atoms with Gasteiger partial charge in [-0.2, -0.15) is 0 Å². The molecule has 0 aromatic carbocycles. The van der Waals surface area contributed by atoms with Crippen LogP contribution in [0.4, 0.5) is 0 Å². The van der Waals surface area contributed by atoms with Gasteiger partial charge in [0.15, 0.2) is 0 Å². The first kappa shape index (κ1) is 13.6. The minimum absolute atomic E-state index is 0.0654. The Balaban J connectivity index is 2.03. The van der Waals surface area contributed by atoms with Gasteiger partial charge in [-0.1, -0.05) is 19.1 Å². The first-order chi connectivity index (χ1) is 8.21. The highest BCUT2D eigenvalue weighted by atomic mass is 16.6. The largest absolute Gasteiger partial charge is 0.460 e. The molecule has 1 saturated carbocycles. The van der Waals surface area contributed by atoms with Crippen molar-refractivity contribution in [2.24, 2.45) is 22.5 Å². The van der Waals surface area contributed by atoms with E-state index < -0.39 is 5.60 Å². The van der Waals surface area contributed by atoms with Gasteiger partial charge in [0.2, 0.25) is 0 Å². The maximum absolute atomic E-state index is 12.0. The molecule has 0 unspecified atom stereocenters. The lowest BCUT2D eigenvalue weighted by Crippen LogP contribution is -2.57. The number of allylic oxidation sites excluding steroid dienone is 2. The molecule has 1 fully saturated rings. The van der Waals surface area contributed by atoms with Crippen molar-refractivity contribution in [2.75, 3.05) is 6.54 Å². The minimum Gasteiger partial charge on any atom is -0.460 e. The van der Waals surface area contributed by atoms with Crippen LogP contribution >= 0.6 is 0 Å². The number of fused-ring (bicyclic) bond motifs is 1. The maximum Gasteiger partial charge on any atom is 0.306 e. The number of carbonyl (C=O) groups excluding carboxylic acids is 1. The second-order valence-corrected chi connectivity index (χ2v) is 7.27. The highest BCUT2D eigenvalue weighted by Gasteiger charge is 2.60. The first-order valence-electron chi connectivity index (χ1n) is 6.79. The predicted molar refractivity (Wildman–Crippen MR) is 71.9 cm³/mol. The Morgan fingerprint density at radius 3 is 2.67 bits per heavy atom. The fraction of sp³-hybridized carbons (Fsp3) is 0.800. The zero-order valence-electron chi connectivity index (χ0n) is 12.0. The van der Waals surface area contributed by atoms with Crippen LogP contribution in [0.2, 0.25) is 0 Å². The molecule has 0 radical (unpaired) electrons. The molecule has 18 heavy (non-hydrogen) atoms. The smallest absolute Gasteiger partial charge is 0.306 e. The van der Waals surface area contributed by atoms with Crippen LogP contribution in [0, 0.1) is 16.7 Å². The van der Waals surface area contributed by atoms with Gasteiger partial charge in [-0.15, -0.1) is 0 Å². The third-order valence-corrected chi connectivity index (χ3v) is 4.40. The summed E-state index contributed by atoms with van der Waals surface area (Å²) in [7, 11) is 0. The summed E-state index contributed by atoms with van der Waals surface area (Å²) in [5, 5.41) is 0. The highest BCUT2D eigenvalue weighted by molar-refractivity contribution is 5.71. The van der Waals surface area contributed by atoms with Gasteiger partial charge in [0.1, 0.15) is 5.60 Å². The summed E-state index contributed by atoms with van der Waals surface area (Å²) in [4.78, 5) is 12.0. The van der Waals surface area contributed by atoms with Gasteiger partial charge in [0.25, 0.3) is 0 Å². The van der Waals surface area contributed by atoms with Crippen molar-refractivity contribution in [2.45, 2.75) is 52.6 Å². The van der Waals surface area contributed by atoms with Gasteiger partial charge in [0.05, 0.1) is 6.42 Å². The molecule has 0 aromatic heterocycles. The summed E-state index contributed by atoms with van der Waals surface area (Å²) in [6, 6.07) is 0. The lowest BCUT2D eigenvalue weighted by atomic mass is 9.46. The van der Waals surface area contributed by atoms with Crippen LogP contribution in [-0.2, 0) is 9.53 Å². The molecule has 0 spiro atoms. The van der Waals surface area contributed by atoms with E-state index in [1.165, 1.54) is 0 Å². The molecule has 0 heterocycles. The van der Waals surface area contributed by atoms with E-state index in [4.69, 9.17) is 10.5 Å². The fourth-order valence-electron chi connectivity index (χ4n) is 3.85. The molecule has 0 bridgehead atoms. The van der Waals surface area contributed by atoms with Crippen molar-refractivity contribution in [3.8, 4) is 0 Å². The van der Waals surface area contributed by atoms with E-state index in [-0.39, 0.29) is 11.4 Å². The van der Waals surface area contributed by atoms with E-state index >= 15 is 0 Å². The molecule has 0 aliphatic heterocycles. The Labute approximate surface area is 110 Å². The number of carbonyl (C=O) groups is 1. The topological polar surface area (TPSA) is 52.3 Å². The van der Waals surface area contributed by atoms with Crippen molar-refractivity contribution < 1.29 is 9.53 Å². The van der Waals surface area contributed by atoms with Crippen molar-refractivity contribution in [3.63, 3.8) is 0 Å². The summed E-state index contributed by atoms with van der Waals surface area (Å²) in [5.41, 5.74) is 5.81. The van der Waals surface area contributed by atoms with E-state index in [1.54, 1.807) is 0 Å². The normalized spacial score (nSPS) is 38.2. The van der Waals surface area contributed by atoms with E-state index in [2.05, 4.69) is 19.1 Å². The SMILES string of the molecule is CC(C)(C)OC(=O)C[C@]1(CN)C[C@]2(C)CC=C[C@@H]21. The number of esters is 1. The fourth-order valence-corrected chi connectivity index (χ4v) is 3.85. The number of hydrogen-bond acceptors (Lipinski definition) is 3. The summed E-state index contributed by atoms with van der Waals surface area (Å²) in [6.45, 7) is 8.57. The zero-order valence-corrected chi connectivity index (χ0v) is 12.0. The van der Waals surface area contributed by atoms with Crippen LogP contribution in [0.1, 0.15) is 47.0 Å². The van der Waals surface area contributed by atoms with Crippen LogP contribution in [0.3, 0.4) is 0 Å². The Morgan fingerprint density at radius 1 is 1.50 bits per heavy atom. The maximum atomic E-state index is 12.0. The van der Waals surface area contributed by atoms with Crippen LogP contribution in [0.5, 0.6) is 0 Å². The van der Waals surface area contributed by atoms with Crippen molar-refractivity contribution in [3.05, 3.63) is 12.2 Å². The van der Waals surface area contributed by atoms with Crippen LogP contribution < -0.4 is 5.73 Å².